The molecule has 9 rings (SSSR count). The van der Waals surface area contributed by atoms with E-state index < -0.39 is 28.5 Å². The first kappa shape index (κ1) is 28.4. The van der Waals surface area contributed by atoms with Crippen molar-refractivity contribution in [3.05, 3.63) is 115 Å². The number of rotatable bonds is 4. The zero-order valence-electron chi connectivity index (χ0n) is 25.5. The zero-order valence-corrected chi connectivity index (χ0v) is 25.5. The maximum Gasteiger partial charge on any atom is 0.238 e. The van der Waals surface area contributed by atoms with Crippen LogP contribution < -0.4 is 5.46 Å². The van der Waals surface area contributed by atoms with Crippen LogP contribution >= 0.6 is 0 Å². The predicted molar refractivity (Wildman–Crippen MR) is 190 cm³/mol. The number of fused-ring (bicyclic) bond motifs is 6. The molecule has 9 nitrogen and oxygen atoms in total. The largest absolute Gasteiger partial charge is 0.508 e. The Hall–Kier alpha value is -6.81. The third-order valence-electron chi connectivity index (χ3n) is 8.89. The number of phenolic OH excluding ortho intramolecular Hbond substituents is 4. The number of benzene rings is 6. The molecule has 0 unspecified atom stereocenters. The highest BCUT2D eigenvalue weighted by molar-refractivity contribution is 6.37. The number of hydrogen-bond donors (Lipinski definition) is 4. The molecule has 3 heterocycles. The van der Waals surface area contributed by atoms with Crippen molar-refractivity contribution >= 4 is 57.1 Å². The highest BCUT2D eigenvalue weighted by Gasteiger charge is 2.25. The van der Waals surface area contributed by atoms with Crippen molar-refractivity contribution in [3.8, 4) is 62.8 Å². The summed E-state index contributed by atoms with van der Waals surface area (Å²) in [5.41, 5.74) is 4.15. The van der Waals surface area contributed by atoms with Crippen molar-refractivity contribution in [2.75, 3.05) is 0 Å². The topological polar surface area (TPSA) is 138 Å². The van der Waals surface area contributed by atoms with Crippen molar-refractivity contribution < 1.29 is 24.8 Å². The van der Waals surface area contributed by atoms with Crippen molar-refractivity contribution in [2.24, 2.45) is 0 Å². The Balaban J connectivity index is 1.27. The maximum atomic E-state index is 10.8. The summed E-state index contributed by atoms with van der Waals surface area (Å²) < 4.78 is 8.34. The third-order valence-corrected chi connectivity index (χ3v) is 8.89. The average molecular weight is 638 g/mol. The molecule has 232 valence electrons. The van der Waals surface area contributed by atoms with E-state index in [1.165, 1.54) is 0 Å². The van der Waals surface area contributed by atoms with Gasteiger partial charge in [0.15, 0.2) is 23.1 Å². The smallest absolute Gasteiger partial charge is 0.238 e. The first-order chi connectivity index (χ1) is 23.9. The Morgan fingerprint density at radius 2 is 1.18 bits per heavy atom. The third kappa shape index (κ3) is 4.24. The van der Waals surface area contributed by atoms with E-state index in [2.05, 4.69) is 24.3 Å². The molecule has 0 amide bonds. The molecule has 0 aliphatic heterocycles. The van der Waals surface area contributed by atoms with Gasteiger partial charge in [-0.05, 0) is 35.8 Å². The Labute approximate surface area is 279 Å². The number of nitrogens with zero attached hydrogens (tertiary/aromatic N) is 4. The van der Waals surface area contributed by atoms with Crippen LogP contribution in [-0.2, 0) is 0 Å². The zero-order chi connectivity index (χ0) is 33.4. The lowest BCUT2D eigenvalue weighted by atomic mass is 9.87. The van der Waals surface area contributed by atoms with Crippen LogP contribution in [0.1, 0.15) is 0 Å². The predicted octanol–water partition coefficient (Wildman–Crippen LogP) is 7.49. The van der Waals surface area contributed by atoms with E-state index in [0.29, 0.717) is 50.7 Å². The molecular formula is C39H23BN4O5. The second-order valence-corrected chi connectivity index (χ2v) is 11.7. The summed E-state index contributed by atoms with van der Waals surface area (Å²) in [5.74, 6) is -1.52. The van der Waals surface area contributed by atoms with Gasteiger partial charge in [-0.25, -0.2) is 4.98 Å². The molecule has 0 aliphatic rings. The minimum Gasteiger partial charge on any atom is -0.508 e. The molecule has 2 radical (unpaired) electrons. The van der Waals surface area contributed by atoms with Gasteiger partial charge in [0.1, 0.15) is 24.8 Å². The van der Waals surface area contributed by atoms with Crippen LogP contribution in [0.4, 0.5) is 0 Å². The van der Waals surface area contributed by atoms with Gasteiger partial charge in [0.2, 0.25) is 11.7 Å². The van der Waals surface area contributed by atoms with Crippen LogP contribution in [0.15, 0.2) is 120 Å². The minimum atomic E-state index is -0.833. The number of aromatic hydroxyl groups is 4. The van der Waals surface area contributed by atoms with Gasteiger partial charge in [-0.15, -0.1) is 0 Å². The van der Waals surface area contributed by atoms with E-state index in [-0.39, 0.29) is 5.56 Å². The number of phenols is 4. The second-order valence-electron chi connectivity index (χ2n) is 11.7. The number of para-hydroxylation sites is 2. The van der Waals surface area contributed by atoms with Gasteiger partial charge in [-0.3, -0.25) is 4.57 Å². The highest BCUT2D eigenvalue weighted by Crippen LogP contribution is 2.49. The molecule has 10 heteroatoms. The van der Waals surface area contributed by atoms with Crippen molar-refractivity contribution in [3.63, 3.8) is 0 Å². The van der Waals surface area contributed by atoms with Gasteiger partial charge < -0.3 is 24.8 Å². The SMILES string of the molecule is [B]c1c(O)c(O)c(O)c(-c2cccc3oc4cc(-c5nc(-c6ccccc6)nc(-n6c7ccccc7c7ccccc76)n5)ccc4c23)c1O. The molecule has 0 aliphatic carbocycles. The minimum absolute atomic E-state index is 0.133. The average Bonchev–Trinajstić information content (AvgIpc) is 3.69. The van der Waals surface area contributed by atoms with Crippen LogP contribution in [-0.4, -0.2) is 47.8 Å². The molecule has 49 heavy (non-hydrogen) atoms. The molecule has 0 spiro atoms. The first-order valence-corrected chi connectivity index (χ1v) is 15.4. The van der Waals surface area contributed by atoms with Gasteiger partial charge in [0.05, 0.1) is 16.6 Å². The Bertz CT molecular complexity index is 2710. The van der Waals surface area contributed by atoms with Crippen LogP contribution in [0.25, 0.3) is 83.6 Å². The Kier molecular flexibility index (Phi) is 6.15. The fraction of sp³-hybridized carbons (Fsp3) is 0. The van der Waals surface area contributed by atoms with Crippen LogP contribution in [0.2, 0.25) is 0 Å². The van der Waals surface area contributed by atoms with E-state index >= 15 is 0 Å². The normalized spacial score (nSPS) is 11.7. The van der Waals surface area contributed by atoms with Crippen LogP contribution in [0, 0.1) is 0 Å². The highest BCUT2D eigenvalue weighted by atomic mass is 16.3. The molecule has 4 N–H and O–H groups in total. The molecule has 0 bridgehead atoms. The summed E-state index contributed by atoms with van der Waals surface area (Å²) in [6, 6.07) is 36.7. The van der Waals surface area contributed by atoms with Crippen LogP contribution in [0.5, 0.6) is 23.0 Å². The van der Waals surface area contributed by atoms with Gasteiger partial charge in [-0.2, -0.15) is 9.97 Å². The fourth-order valence-electron chi connectivity index (χ4n) is 6.59. The Morgan fingerprint density at radius 1 is 0.531 bits per heavy atom. The van der Waals surface area contributed by atoms with Crippen LogP contribution in [0.3, 0.4) is 0 Å². The fourth-order valence-corrected chi connectivity index (χ4v) is 6.59. The summed E-state index contributed by atoms with van der Waals surface area (Å²) in [7, 11) is 5.85. The van der Waals surface area contributed by atoms with E-state index in [1.807, 2.05) is 77.4 Å². The summed E-state index contributed by atoms with van der Waals surface area (Å²) >= 11 is 0. The summed E-state index contributed by atoms with van der Waals surface area (Å²) in [6.07, 6.45) is 0. The van der Waals surface area contributed by atoms with E-state index in [0.717, 1.165) is 27.4 Å². The van der Waals surface area contributed by atoms with Gasteiger partial charge in [0, 0.05) is 38.2 Å². The molecule has 0 saturated carbocycles. The summed E-state index contributed by atoms with van der Waals surface area (Å²) in [4.78, 5) is 14.9. The monoisotopic (exact) mass is 638 g/mol. The Morgan fingerprint density at radius 3 is 1.90 bits per heavy atom. The lowest BCUT2D eigenvalue weighted by Gasteiger charge is -2.14. The van der Waals surface area contributed by atoms with Crippen molar-refractivity contribution in [1.29, 1.82) is 0 Å². The summed E-state index contributed by atoms with van der Waals surface area (Å²) in [5, 5.41) is 45.4. The quantitative estimate of drug-likeness (QED) is 0.0885. The van der Waals surface area contributed by atoms with E-state index in [4.69, 9.17) is 27.2 Å². The first-order valence-electron chi connectivity index (χ1n) is 15.4. The van der Waals surface area contributed by atoms with Crippen molar-refractivity contribution in [1.82, 2.24) is 19.5 Å². The molecule has 9 aromatic rings. The number of furan rings is 1. The second kappa shape index (κ2) is 10.6. The molecule has 3 aromatic heterocycles. The lowest BCUT2D eigenvalue weighted by Crippen LogP contribution is -2.06. The van der Waals surface area contributed by atoms with Crippen molar-refractivity contribution in [2.45, 2.75) is 0 Å². The van der Waals surface area contributed by atoms with E-state index in [9.17, 15) is 20.4 Å². The number of aromatic nitrogens is 4. The van der Waals surface area contributed by atoms with E-state index in [1.54, 1.807) is 18.2 Å². The summed E-state index contributed by atoms with van der Waals surface area (Å²) in [6.45, 7) is 0. The molecule has 0 fully saturated rings. The molecule has 0 atom stereocenters. The standard InChI is InChI=1S/C39H23BN4O5/c40-32-33(45)31(34(46)36(48)35(32)47)25-13-8-16-28-30(25)24-18-17-21(19-29(24)49-28)38-41-37(20-9-2-1-3-10-20)42-39(43-38)44-26-14-6-4-11-22(26)23-12-5-7-15-27(23)44/h1-19,45-48H. The number of hydrogen-bond acceptors (Lipinski definition) is 8. The molecular weight excluding hydrogens is 615 g/mol. The lowest BCUT2D eigenvalue weighted by molar-refractivity contribution is 0.366. The van der Waals surface area contributed by atoms with Gasteiger partial charge in [0.25, 0.3) is 0 Å². The van der Waals surface area contributed by atoms with Gasteiger partial charge in [-0.1, -0.05) is 84.9 Å². The molecule has 6 aromatic carbocycles. The maximum absolute atomic E-state index is 10.8. The van der Waals surface area contributed by atoms with Gasteiger partial charge >= 0.3 is 0 Å². The molecule has 0 saturated heterocycles.